The van der Waals surface area contributed by atoms with Crippen LogP contribution >= 0.6 is 11.6 Å². The normalized spacial score (nSPS) is 10.5. The Morgan fingerprint density at radius 3 is 2.56 bits per heavy atom. The number of rotatable bonds is 3. The van der Waals surface area contributed by atoms with E-state index >= 15 is 0 Å². The molecule has 0 bridgehead atoms. The van der Waals surface area contributed by atoms with Crippen LogP contribution in [0.15, 0.2) is 6.07 Å². The lowest BCUT2D eigenvalue weighted by atomic mass is 10.2. The molecule has 1 N–H and O–H groups in total. The van der Waals surface area contributed by atoms with Crippen LogP contribution in [0.4, 0.5) is 14.6 Å². The molecule has 0 radical (unpaired) electrons. The van der Waals surface area contributed by atoms with Gasteiger partial charge < -0.3 is 15.2 Å². The van der Waals surface area contributed by atoms with Gasteiger partial charge in [0, 0.05) is 11.6 Å². The van der Waals surface area contributed by atoms with Gasteiger partial charge in [-0.1, -0.05) is 11.6 Å². The van der Waals surface area contributed by atoms with Crippen LogP contribution in [-0.4, -0.2) is 21.0 Å². The Kier molecular flexibility index (Phi) is 3.33. The lowest BCUT2D eigenvalue weighted by Gasteiger charge is -2.03. The highest BCUT2D eigenvalue weighted by molar-refractivity contribution is 6.33. The van der Waals surface area contributed by atoms with E-state index < -0.39 is 39.4 Å². The molecule has 6 nitrogen and oxygen atoms in total. The highest BCUT2D eigenvalue weighted by Crippen LogP contribution is 2.33. The van der Waals surface area contributed by atoms with Crippen LogP contribution in [0, 0.1) is 10.1 Å². The van der Waals surface area contributed by atoms with Crippen molar-refractivity contribution in [3.63, 3.8) is 0 Å². The summed E-state index contributed by atoms with van der Waals surface area (Å²) in [5.74, 6) is -2.75. The fraction of sp³-hybridized carbons (Fsp3) is 0.143. The Balaban J connectivity index is 3.51. The molecule has 9 heteroatoms. The van der Waals surface area contributed by atoms with E-state index in [1.165, 1.54) is 0 Å². The summed E-state index contributed by atoms with van der Waals surface area (Å²) in [6.45, 7) is 0. The molecule has 1 heterocycles. The summed E-state index contributed by atoms with van der Waals surface area (Å²) >= 11 is 5.30. The first-order valence-corrected chi connectivity index (χ1v) is 4.08. The molecule has 1 aromatic heterocycles. The summed E-state index contributed by atoms with van der Waals surface area (Å²) in [6.07, 6.45) is -3.12. The van der Waals surface area contributed by atoms with E-state index in [1.54, 1.807) is 0 Å². The van der Waals surface area contributed by atoms with Gasteiger partial charge >= 0.3 is 11.8 Å². The zero-order valence-electron chi connectivity index (χ0n) is 7.35. The van der Waals surface area contributed by atoms with Gasteiger partial charge in [0.2, 0.25) is 0 Å². The number of alkyl halides is 2. The van der Waals surface area contributed by atoms with Crippen molar-refractivity contribution < 1.29 is 23.6 Å². The van der Waals surface area contributed by atoms with Crippen molar-refractivity contribution in [1.82, 2.24) is 4.98 Å². The third-order valence-corrected chi connectivity index (χ3v) is 1.98. The first-order chi connectivity index (χ1) is 7.34. The number of hydrogen-bond donors (Lipinski definition) is 1. The minimum Gasteiger partial charge on any atom is -0.475 e. The Morgan fingerprint density at radius 1 is 1.62 bits per heavy atom. The standard InChI is InChI=1S/C7H3ClF2N2O4/c8-4-2(5(9)10)1-3(7(13)14)11-6(4)12(15)16/h1,5H,(H,13,14). The number of hydrogen-bond acceptors (Lipinski definition) is 4. The maximum atomic E-state index is 12.4. The number of aromatic carboxylic acids is 1. The van der Waals surface area contributed by atoms with Gasteiger partial charge in [-0.15, -0.1) is 0 Å². The quantitative estimate of drug-likeness (QED) is 0.658. The second kappa shape index (κ2) is 4.35. The molecule has 0 aromatic carbocycles. The minimum absolute atomic E-state index is 0.502. The number of nitro groups is 1. The van der Waals surface area contributed by atoms with Gasteiger partial charge in [-0.3, -0.25) is 0 Å². The largest absolute Gasteiger partial charge is 0.475 e. The minimum atomic E-state index is -3.12. The van der Waals surface area contributed by atoms with Gasteiger partial charge in [0.25, 0.3) is 12.1 Å². The van der Waals surface area contributed by atoms with Crippen molar-refractivity contribution in [3.8, 4) is 0 Å². The molecule has 86 valence electrons. The summed E-state index contributed by atoms with van der Waals surface area (Å²) in [6, 6.07) is 0.502. The molecule has 0 saturated heterocycles. The van der Waals surface area contributed by atoms with Crippen LogP contribution in [0.2, 0.25) is 5.02 Å². The summed E-state index contributed by atoms with van der Waals surface area (Å²) in [5.41, 5.74) is -1.79. The SMILES string of the molecule is O=C(O)c1cc(C(F)F)c(Cl)c([N+](=O)[O-])n1. The molecule has 0 amide bonds. The Hall–Kier alpha value is -1.83. The number of halogens is 3. The summed E-state index contributed by atoms with van der Waals surface area (Å²) in [7, 11) is 0. The average molecular weight is 253 g/mol. The number of aromatic nitrogens is 1. The fourth-order valence-corrected chi connectivity index (χ4v) is 1.17. The van der Waals surface area contributed by atoms with Crippen molar-refractivity contribution in [2.75, 3.05) is 0 Å². The molecule has 16 heavy (non-hydrogen) atoms. The number of carboxylic acid groups (broad SMARTS) is 1. The molecule has 0 aliphatic rings. The summed E-state index contributed by atoms with van der Waals surface area (Å²) in [4.78, 5) is 22.8. The molecule has 0 fully saturated rings. The van der Waals surface area contributed by atoms with E-state index in [4.69, 9.17) is 16.7 Å². The molecule has 0 aliphatic heterocycles. The van der Waals surface area contributed by atoms with Crippen molar-refractivity contribution in [2.45, 2.75) is 6.43 Å². The predicted octanol–water partition coefficient (Wildman–Crippen LogP) is 2.28. The molecular formula is C7H3ClF2N2O4. The zero-order valence-corrected chi connectivity index (χ0v) is 8.11. The number of carbonyl (C=O) groups is 1. The second-order valence-electron chi connectivity index (χ2n) is 2.60. The topological polar surface area (TPSA) is 93.3 Å². The first kappa shape index (κ1) is 12.2. The molecule has 0 saturated carbocycles. The zero-order chi connectivity index (χ0) is 12.5. The Morgan fingerprint density at radius 2 is 2.19 bits per heavy atom. The van der Waals surface area contributed by atoms with Gasteiger partial charge in [-0.05, 0) is 9.91 Å². The highest BCUT2D eigenvalue weighted by atomic mass is 35.5. The molecule has 0 aliphatic carbocycles. The van der Waals surface area contributed by atoms with Gasteiger partial charge in [0.1, 0.15) is 5.02 Å². The number of nitrogens with zero attached hydrogens (tertiary/aromatic N) is 2. The third-order valence-electron chi connectivity index (χ3n) is 1.60. The molecular weight excluding hydrogens is 250 g/mol. The second-order valence-corrected chi connectivity index (χ2v) is 2.98. The van der Waals surface area contributed by atoms with Crippen molar-refractivity contribution in [2.24, 2.45) is 0 Å². The van der Waals surface area contributed by atoms with Crippen LogP contribution in [0.1, 0.15) is 22.5 Å². The van der Waals surface area contributed by atoms with E-state index in [2.05, 4.69) is 4.98 Å². The maximum absolute atomic E-state index is 12.4. The molecule has 1 rings (SSSR count). The maximum Gasteiger partial charge on any atom is 0.383 e. The smallest absolute Gasteiger partial charge is 0.383 e. The van der Waals surface area contributed by atoms with E-state index in [0.29, 0.717) is 6.07 Å². The van der Waals surface area contributed by atoms with Crippen molar-refractivity contribution in [3.05, 3.63) is 32.5 Å². The van der Waals surface area contributed by atoms with E-state index in [-0.39, 0.29) is 0 Å². The Bertz CT molecular complexity index is 466. The average Bonchev–Trinajstić information content (AvgIpc) is 2.16. The number of carboxylic acids is 1. The molecule has 0 spiro atoms. The fourth-order valence-electron chi connectivity index (χ4n) is 0.925. The molecule has 0 unspecified atom stereocenters. The lowest BCUT2D eigenvalue weighted by Crippen LogP contribution is -2.06. The third kappa shape index (κ3) is 2.22. The van der Waals surface area contributed by atoms with Crippen LogP contribution in [0.5, 0.6) is 0 Å². The van der Waals surface area contributed by atoms with Gasteiger partial charge in [0.05, 0.1) is 0 Å². The van der Waals surface area contributed by atoms with Crippen LogP contribution < -0.4 is 0 Å². The van der Waals surface area contributed by atoms with E-state index in [9.17, 15) is 23.7 Å². The van der Waals surface area contributed by atoms with Gasteiger partial charge in [0.15, 0.2) is 0 Å². The van der Waals surface area contributed by atoms with E-state index in [1.807, 2.05) is 0 Å². The Labute approximate surface area is 91.6 Å². The monoisotopic (exact) mass is 252 g/mol. The highest BCUT2D eigenvalue weighted by Gasteiger charge is 2.28. The van der Waals surface area contributed by atoms with E-state index in [0.717, 1.165) is 0 Å². The summed E-state index contributed by atoms with van der Waals surface area (Å²) < 4.78 is 24.8. The van der Waals surface area contributed by atoms with Gasteiger partial charge in [-0.2, -0.15) is 0 Å². The van der Waals surface area contributed by atoms with Crippen LogP contribution in [0.3, 0.4) is 0 Å². The van der Waals surface area contributed by atoms with Crippen LogP contribution in [0.25, 0.3) is 0 Å². The first-order valence-electron chi connectivity index (χ1n) is 3.71. The number of pyridine rings is 1. The van der Waals surface area contributed by atoms with Crippen molar-refractivity contribution >= 4 is 23.4 Å². The predicted molar refractivity (Wildman–Crippen MR) is 47.8 cm³/mol. The van der Waals surface area contributed by atoms with Crippen molar-refractivity contribution in [1.29, 1.82) is 0 Å². The lowest BCUT2D eigenvalue weighted by molar-refractivity contribution is -0.389. The molecule has 1 aromatic rings. The summed E-state index contributed by atoms with van der Waals surface area (Å²) in [5, 5.41) is 18.1. The molecule has 0 atom stereocenters. The van der Waals surface area contributed by atoms with Crippen LogP contribution in [-0.2, 0) is 0 Å². The van der Waals surface area contributed by atoms with Gasteiger partial charge in [-0.25, -0.2) is 13.6 Å².